The van der Waals surface area contributed by atoms with E-state index in [4.69, 9.17) is 4.74 Å². The van der Waals surface area contributed by atoms with Crippen molar-refractivity contribution in [2.75, 3.05) is 23.8 Å². The van der Waals surface area contributed by atoms with Crippen molar-refractivity contribution in [3.63, 3.8) is 0 Å². The van der Waals surface area contributed by atoms with E-state index in [0.717, 1.165) is 17.5 Å². The standard InChI is InChI=1S/C21H27N5O3S/c1-4-29-11-7-10-26-17-9-6-5-8-16(17)23-20(26)24-18(27)12-15-13-30-21(22-15)25-19(28)14(2)3/h5-6,8-9,13-14H,4,7,10-12H2,1-3H3,(H,22,25,28)(H,23,24,27). The van der Waals surface area contributed by atoms with Crippen LogP contribution in [0.4, 0.5) is 11.1 Å². The van der Waals surface area contributed by atoms with Gasteiger partial charge < -0.3 is 14.6 Å². The van der Waals surface area contributed by atoms with Crippen molar-refractivity contribution in [3.05, 3.63) is 35.3 Å². The Kier molecular flexibility index (Phi) is 7.53. The Morgan fingerprint density at radius 1 is 1.20 bits per heavy atom. The molecule has 0 saturated carbocycles. The maximum atomic E-state index is 12.6. The summed E-state index contributed by atoms with van der Waals surface area (Å²) in [6.07, 6.45) is 0.929. The normalized spacial score (nSPS) is 11.2. The molecule has 160 valence electrons. The average molecular weight is 430 g/mol. The Bertz CT molecular complexity index is 1010. The first-order valence-electron chi connectivity index (χ1n) is 10.1. The molecule has 0 atom stereocenters. The van der Waals surface area contributed by atoms with Gasteiger partial charge in [-0.25, -0.2) is 9.97 Å². The number of aryl methyl sites for hydroxylation is 1. The smallest absolute Gasteiger partial charge is 0.232 e. The molecule has 2 heterocycles. The molecule has 9 heteroatoms. The van der Waals surface area contributed by atoms with Crippen LogP contribution >= 0.6 is 11.3 Å². The fourth-order valence-corrected chi connectivity index (χ4v) is 3.61. The molecule has 1 aromatic carbocycles. The molecule has 0 radical (unpaired) electrons. The third kappa shape index (κ3) is 5.64. The van der Waals surface area contributed by atoms with Gasteiger partial charge in [0, 0.05) is 31.1 Å². The molecule has 0 aliphatic carbocycles. The molecule has 0 unspecified atom stereocenters. The number of nitrogens with one attached hydrogen (secondary N) is 2. The molecule has 2 N–H and O–H groups in total. The molecule has 0 bridgehead atoms. The summed E-state index contributed by atoms with van der Waals surface area (Å²) in [6.45, 7) is 7.63. The van der Waals surface area contributed by atoms with Crippen LogP contribution < -0.4 is 10.6 Å². The van der Waals surface area contributed by atoms with Gasteiger partial charge in [0.2, 0.25) is 17.8 Å². The van der Waals surface area contributed by atoms with Gasteiger partial charge >= 0.3 is 0 Å². The predicted octanol–water partition coefficient (Wildman–Crippen LogP) is 3.70. The molecule has 0 aliphatic heterocycles. The highest BCUT2D eigenvalue weighted by atomic mass is 32.1. The Hall–Kier alpha value is -2.78. The van der Waals surface area contributed by atoms with Gasteiger partial charge in [0.15, 0.2) is 5.13 Å². The van der Waals surface area contributed by atoms with Crippen molar-refractivity contribution in [2.24, 2.45) is 5.92 Å². The second kappa shape index (κ2) is 10.3. The van der Waals surface area contributed by atoms with Crippen molar-refractivity contribution in [1.29, 1.82) is 0 Å². The first-order chi connectivity index (χ1) is 14.5. The van der Waals surface area contributed by atoms with Crippen LogP contribution in [0.25, 0.3) is 11.0 Å². The fourth-order valence-electron chi connectivity index (χ4n) is 2.90. The Morgan fingerprint density at radius 3 is 2.77 bits per heavy atom. The van der Waals surface area contributed by atoms with Crippen LogP contribution in [0.5, 0.6) is 0 Å². The number of nitrogens with zero attached hydrogens (tertiary/aromatic N) is 3. The fraction of sp³-hybridized carbons (Fsp3) is 0.429. The Balaban J connectivity index is 1.67. The van der Waals surface area contributed by atoms with Crippen LogP contribution in [0, 0.1) is 5.92 Å². The van der Waals surface area contributed by atoms with E-state index in [9.17, 15) is 9.59 Å². The molecule has 0 spiro atoms. The number of hydrogen-bond acceptors (Lipinski definition) is 6. The van der Waals surface area contributed by atoms with E-state index in [0.29, 0.717) is 36.5 Å². The summed E-state index contributed by atoms with van der Waals surface area (Å²) in [5, 5.41) is 7.94. The minimum Gasteiger partial charge on any atom is -0.382 e. The van der Waals surface area contributed by atoms with Gasteiger partial charge in [-0.2, -0.15) is 0 Å². The van der Waals surface area contributed by atoms with Crippen molar-refractivity contribution in [3.8, 4) is 0 Å². The molecule has 0 fully saturated rings. The lowest BCUT2D eigenvalue weighted by Crippen LogP contribution is -2.19. The largest absolute Gasteiger partial charge is 0.382 e. The second-order valence-corrected chi connectivity index (χ2v) is 8.00. The summed E-state index contributed by atoms with van der Waals surface area (Å²) in [6, 6.07) is 7.79. The number of ether oxygens (including phenoxy) is 1. The zero-order valence-corrected chi connectivity index (χ0v) is 18.3. The monoisotopic (exact) mass is 429 g/mol. The van der Waals surface area contributed by atoms with Crippen molar-refractivity contribution in [2.45, 2.75) is 40.2 Å². The van der Waals surface area contributed by atoms with Crippen LogP contribution in [0.1, 0.15) is 32.9 Å². The lowest BCUT2D eigenvalue weighted by Gasteiger charge is -2.10. The summed E-state index contributed by atoms with van der Waals surface area (Å²) < 4.78 is 7.43. The summed E-state index contributed by atoms with van der Waals surface area (Å²) >= 11 is 1.31. The molecule has 3 rings (SSSR count). The number of para-hydroxylation sites is 2. The molecule has 2 amide bonds. The summed E-state index contributed by atoms with van der Waals surface area (Å²) in [5.74, 6) is 0.0853. The van der Waals surface area contributed by atoms with Gasteiger partial charge in [0.05, 0.1) is 23.1 Å². The highest BCUT2D eigenvalue weighted by Gasteiger charge is 2.15. The second-order valence-electron chi connectivity index (χ2n) is 7.14. The molecular weight excluding hydrogens is 402 g/mol. The van der Waals surface area contributed by atoms with Crippen LogP contribution in [0.15, 0.2) is 29.6 Å². The van der Waals surface area contributed by atoms with Gasteiger partial charge in [0.25, 0.3) is 0 Å². The number of rotatable bonds is 10. The third-order valence-electron chi connectivity index (χ3n) is 4.43. The van der Waals surface area contributed by atoms with Crippen LogP contribution in [-0.2, 0) is 27.3 Å². The SMILES string of the molecule is CCOCCCn1c(NC(=O)Cc2csc(NC(=O)C(C)C)n2)nc2ccccc21. The lowest BCUT2D eigenvalue weighted by atomic mass is 10.2. The van der Waals surface area contributed by atoms with E-state index < -0.39 is 0 Å². The molecule has 0 aliphatic rings. The van der Waals surface area contributed by atoms with E-state index in [1.165, 1.54) is 11.3 Å². The van der Waals surface area contributed by atoms with E-state index in [2.05, 4.69) is 20.6 Å². The van der Waals surface area contributed by atoms with E-state index >= 15 is 0 Å². The van der Waals surface area contributed by atoms with Gasteiger partial charge in [-0.1, -0.05) is 26.0 Å². The highest BCUT2D eigenvalue weighted by molar-refractivity contribution is 7.13. The Morgan fingerprint density at radius 2 is 2.00 bits per heavy atom. The number of benzene rings is 1. The molecule has 2 aromatic heterocycles. The minimum atomic E-state index is -0.205. The molecule has 8 nitrogen and oxygen atoms in total. The van der Waals surface area contributed by atoms with Crippen LogP contribution in [0.2, 0.25) is 0 Å². The zero-order chi connectivity index (χ0) is 21.5. The summed E-state index contributed by atoms with van der Waals surface area (Å²) in [4.78, 5) is 33.3. The molecular formula is C21H27N5O3S. The van der Waals surface area contributed by atoms with E-state index in [1.54, 1.807) is 5.38 Å². The quantitative estimate of drug-likeness (QED) is 0.479. The lowest BCUT2D eigenvalue weighted by molar-refractivity contribution is -0.119. The highest BCUT2D eigenvalue weighted by Crippen LogP contribution is 2.21. The van der Waals surface area contributed by atoms with Gasteiger partial charge in [-0.3, -0.25) is 14.9 Å². The maximum Gasteiger partial charge on any atom is 0.232 e. The first kappa shape index (κ1) is 21.9. The summed E-state index contributed by atoms with van der Waals surface area (Å²) in [5.41, 5.74) is 2.41. The van der Waals surface area contributed by atoms with E-state index in [1.807, 2.05) is 49.6 Å². The van der Waals surface area contributed by atoms with Crippen molar-refractivity contribution >= 4 is 45.3 Å². The van der Waals surface area contributed by atoms with Gasteiger partial charge in [-0.05, 0) is 25.5 Å². The van der Waals surface area contributed by atoms with E-state index in [-0.39, 0.29) is 24.2 Å². The number of carbonyl (C=O) groups excluding carboxylic acids is 2. The zero-order valence-electron chi connectivity index (χ0n) is 17.5. The number of carbonyl (C=O) groups is 2. The molecule has 0 saturated heterocycles. The summed E-state index contributed by atoms with van der Waals surface area (Å²) in [7, 11) is 0. The third-order valence-corrected chi connectivity index (χ3v) is 5.23. The number of hydrogen-bond donors (Lipinski definition) is 2. The number of aromatic nitrogens is 3. The minimum absolute atomic E-state index is 0.0962. The van der Waals surface area contributed by atoms with Crippen LogP contribution in [0.3, 0.4) is 0 Å². The predicted molar refractivity (Wildman–Crippen MR) is 119 cm³/mol. The topological polar surface area (TPSA) is 98.1 Å². The number of amides is 2. The van der Waals surface area contributed by atoms with Crippen molar-refractivity contribution < 1.29 is 14.3 Å². The number of imidazole rings is 1. The maximum absolute atomic E-state index is 12.6. The van der Waals surface area contributed by atoms with Gasteiger partial charge in [0.1, 0.15) is 0 Å². The average Bonchev–Trinajstić information content (AvgIpc) is 3.29. The Labute approximate surface area is 179 Å². The van der Waals surface area contributed by atoms with Gasteiger partial charge in [-0.15, -0.1) is 11.3 Å². The van der Waals surface area contributed by atoms with Crippen molar-refractivity contribution in [1.82, 2.24) is 14.5 Å². The number of thiazole rings is 1. The number of fused-ring (bicyclic) bond motifs is 1. The first-order valence-corrected chi connectivity index (χ1v) is 10.9. The van der Waals surface area contributed by atoms with Crippen LogP contribution in [-0.4, -0.2) is 39.6 Å². The number of anilines is 2. The molecule has 3 aromatic rings. The molecule has 30 heavy (non-hydrogen) atoms.